The number of rotatable bonds is 4. The normalized spacial score (nSPS) is 10.0. The average molecular weight is 275 g/mol. The number of ketones is 2. The van der Waals surface area contributed by atoms with Gasteiger partial charge in [-0.1, -0.05) is 11.6 Å². The highest BCUT2D eigenvalue weighted by atomic mass is 35.5. The van der Waals surface area contributed by atoms with Gasteiger partial charge in [-0.25, -0.2) is 0 Å². The summed E-state index contributed by atoms with van der Waals surface area (Å²) in [6.07, 6.45) is 0. The van der Waals surface area contributed by atoms with Gasteiger partial charge in [0.1, 0.15) is 5.75 Å². The molecule has 0 aliphatic carbocycles. The number of benzene rings is 2. The summed E-state index contributed by atoms with van der Waals surface area (Å²) in [6, 6.07) is 12.6. The summed E-state index contributed by atoms with van der Waals surface area (Å²) in [5.74, 6) is -0.470. The highest BCUT2D eigenvalue weighted by Crippen LogP contribution is 2.15. The molecular weight excluding hydrogens is 264 g/mol. The van der Waals surface area contributed by atoms with Gasteiger partial charge in [0.25, 0.3) is 0 Å². The summed E-state index contributed by atoms with van der Waals surface area (Å²) in [5.41, 5.74) is 0.658. The van der Waals surface area contributed by atoms with E-state index in [2.05, 4.69) is 0 Å². The van der Waals surface area contributed by atoms with Gasteiger partial charge in [0, 0.05) is 16.1 Å². The Morgan fingerprint density at radius 2 is 1.26 bits per heavy atom. The van der Waals surface area contributed by atoms with E-state index in [0.29, 0.717) is 21.9 Å². The molecule has 0 fully saturated rings. The van der Waals surface area contributed by atoms with Crippen LogP contribution in [0.25, 0.3) is 0 Å². The Morgan fingerprint density at radius 3 is 1.68 bits per heavy atom. The largest absolute Gasteiger partial charge is 0.497 e. The van der Waals surface area contributed by atoms with Crippen LogP contribution in [0.1, 0.15) is 20.7 Å². The number of carbonyl (C=O) groups excluding carboxylic acids is 2. The molecule has 2 rings (SSSR count). The van der Waals surface area contributed by atoms with Crippen molar-refractivity contribution in [3.63, 3.8) is 0 Å². The lowest BCUT2D eigenvalue weighted by Crippen LogP contribution is -2.14. The van der Waals surface area contributed by atoms with Crippen molar-refractivity contribution in [1.29, 1.82) is 0 Å². The molecule has 0 atom stereocenters. The maximum Gasteiger partial charge on any atom is 0.233 e. The van der Waals surface area contributed by atoms with Crippen molar-refractivity contribution >= 4 is 23.2 Å². The Kier molecular flexibility index (Phi) is 3.97. The number of ether oxygens (including phenoxy) is 1. The molecule has 0 N–H and O–H groups in total. The van der Waals surface area contributed by atoms with Crippen LogP contribution in [0.5, 0.6) is 5.75 Å². The van der Waals surface area contributed by atoms with E-state index in [4.69, 9.17) is 16.3 Å². The summed E-state index contributed by atoms with van der Waals surface area (Å²) >= 11 is 5.74. The zero-order chi connectivity index (χ0) is 13.8. The van der Waals surface area contributed by atoms with Crippen LogP contribution in [-0.2, 0) is 0 Å². The van der Waals surface area contributed by atoms with Crippen LogP contribution in [0.15, 0.2) is 48.5 Å². The molecule has 0 amide bonds. The van der Waals surface area contributed by atoms with Crippen molar-refractivity contribution in [3.05, 3.63) is 64.7 Å². The van der Waals surface area contributed by atoms with E-state index in [-0.39, 0.29) is 0 Å². The summed E-state index contributed by atoms with van der Waals surface area (Å²) in [4.78, 5) is 24.0. The second-order valence-corrected chi connectivity index (χ2v) is 4.33. The molecule has 3 nitrogen and oxygen atoms in total. The lowest BCUT2D eigenvalue weighted by molar-refractivity contribution is 0.0817. The van der Waals surface area contributed by atoms with E-state index >= 15 is 0 Å². The van der Waals surface area contributed by atoms with Gasteiger partial charge in [-0.2, -0.15) is 0 Å². The summed E-state index contributed by atoms with van der Waals surface area (Å²) in [6.45, 7) is 0. The molecule has 0 spiro atoms. The second kappa shape index (κ2) is 5.67. The molecule has 2 aromatic carbocycles. The Labute approximate surface area is 115 Å². The lowest BCUT2D eigenvalue weighted by atomic mass is 10.0. The molecular formula is C15H11ClO3. The van der Waals surface area contributed by atoms with Gasteiger partial charge in [-0.15, -0.1) is 0 Å². The van der Waals surface area contributed by atoms with Crippen LogP contribution in [0, 0.1) is 0 Å². The predicted octanol–water partition coefficient (Wildman–Crippen LogP) is 3.41. The fraction of sp³-hybridized carbons (Fsp3) is 0.0667. The van der Waals surface area contributed by atoms with E-state index in [1.165, 1.54) is 19.2 Å². The van der Waals surface area contributed by atoms with E-state index < -0.39 is 11.6 Å². The average Bonchev–Trinajstić information content (AvgIpc) is 2.46. The highest BCUT2D eigenvalue weighted by Gasteiger charge is 2.18. The molecule has 96 valence electrons. The van der Waals surface area contributed by atoms with Gasteiger partial charge in [0.2, 0.25) is 11.6 Å². The molecule has 19 heavy (non-hydrogen) atoms. The molecule has 0 heterocycles. The van der Waals surface area contributed by atoms with Gasteiger partial charge < -0.3 is 4.74 Å². The molecule has 0 bridgehead atoms. The molecule has 0 aliphatic heterocycles. The minimum atomic E-state index is -0.554. The topological polar surface area (TPSA) is 43.4 Å². The number of Topliss-reactive ketones (excluding diaryl/α,β-unsaturated/α-hetero) is 2. The standard InChI is InChI=1S/C15H11ClO3/c1-19-13-8-4-11(5-9-13)15(18)14(17)10-2-6-12(16)7-3-10/h2-9H,1H3. The van der Waals surface area contributed by atoms with E-state index in [9.17, 15) is 9.59 Å². The van der Waals surface area contributed by atoms with Crippen molar-refractivity contribution in [1.82, 2.24) is 0 Å². The van der Waals surface area contributed by atoms with Gasteiger partial charge in [-0.05, 0) is 48.5 Å². The number of methoxy groups -OCH3 is 1. The van der Waals surface area contributed by atoms with Crippen LogP contribution in [-0.4, -0.2) is 18.7 Å². The van der Waals surface area contributed by atoms with Gasteiger partial charge in [-0.3, -0.25) is 9.59 Å². The van der Waals surface area contributed by atoms with Crippen LogP contribution < -0.4 is 4.74 Å². The van der Waals surface area contributed by atoms with Crippen LogP contribution in [0.2, 0.25) is 5.02 Å². The molecule has 0 aliphatic rings. The Morgan fingerprint density at radius 1 is 0.842 bits per heavy atom. The van der Waals surface area contributed by atoms with Crippen molar-refractivity contribution in [2.75, 3.05) is 7.11 Å². The first-order valence-electron chi connectivity index (χ1n) is 5.60. The number of hydrogen-bond donors (Lipinski definition) is 0. The third-order valence-electron chi connectivity index (χ3n) is 2.66. The van der Waals surface area contributed by atoms with E-state index in [1.54, 1.807) is 36.4 Å². The summed E-state index contributed by atoms with van der Waals surface area (Å²) < 4.78 is 5.00. The first kappa shape index (κ1) is 13.3. The van der Waals surface area contributed by atoms with E-state index in [1.807, 2.05) is 0 Å². The molecule has 0 radical (unpaired) electrons. The Balaban J connectivity index is 2.23. The zero-order valence-corrected chi connectivity index (χ0v) is 11.0. The summed E-state index contributed by atoms with van der Waals surface area (Å²) in [5, 5.41) is 0.522. The zero-order valence-electron chi connectivity index (χ0n) is 10.2. The highest BCUT2D eigenvalue weighted by molar-refractivity contribution is 6.49. The number of halogens is 1. The molecule has 0 unspecified atom stereocenters. The monoisotopic (exact) mass is 274 g/mol. The van der Waals surface area contributed by atoms with Crippen molar-refractivity contribution in [2.24, 2.45) is 0 Å². The quantitative estimate of drug-likeness (QED) is 0.634. The summed E-state index contributed by atoms with van der Waals surface area (Å²) in [7, 11) is 1.54. The predicted molar refractivity (Wildman–Crippen MR) is 73.1 cm³/mol. The fourth-order valence-electron chi connectivity index (χ4n) is 1.61. The number of hydrogen-bond acceptors (Lipinski definition) is 3. The third-order valence-corrected chi connectivity index (χ3v) is 2.92. The Bertz CT molecular complexity index is 600. The third kappa shape index (κ3) is 3.01. The molecule has 0 saturated heterocycles. The maximum atomic E-state index is 12.0. The fourth-order valence-corrected chi connectivity index (χ4v) is 1.73. The Hall–Kier alpha value is -2.13. The molecule has 2 aromatic rings. The maximum absolute atomic E-state index is 12.0. The first-order chi connectivity index (χ1) is 9.11. The van der Waals surface area contributed by atoms with Crippen LogP contribution >= 0.6 is 11.6 Å². The first-order valence-corrected chi connectivity index (χ1v) is 5.98. The smallest absolute Gasteiger partial charge is 0.233 e. The minimum absolute atomic E-state index is 0.324. The number of carbonyl (C=O) groups is 2. The van der Waals surface area contributed by atoms with Gasteiger partial charge in [0.15, 0.2) is 0 Å². The lowest BCUT2D eigenvalue weighted by Gasteiger charge is -2.03. The van der Waals surface area contributed by atoms with Gasteiger partial charge in [0.05, 0.1) is 7.11 Å². The van der Waals surface area contributed by atoms with Crippen LogP contribution in [0.4, 0.5) is 0 Å². The minimum Gasteiger partial charge on any atom is -0.497 e. The SMILES string of the molecule is COc1ccc(C(=O)C(=O)c2ccc(Cl)cc2)cc1. The van der Waals surface area contributed by atoms with Crippen LogP contribution in [0.3, 0.4) is 0 Å². The van der Waals surface area contributed by atoms with Crippen molar-refractivity contribution in [3.8, 4) is 5.75 Å². The van der Waals surface area contributed by atoms with Gasteiger partial charge >= 0.3 is 0 Å². The van der Waals surface area contributed by atoms with Crippen molar-refractivity contribution < 1.29 is 14.3 Å². The molecule has 0 aromatic heterocycles. The molecule has 4 heteroatoms. The molecule has 0 saturated carbocycles. The van der Waals surface area contributed by atoms with Crippen molar-refractivity contribution in [2.45, 2.75) is 0 Å². The second-order valence-electron chi connectivity index (χ2n) is 3.89. The van der Waals surface area contributed by atoms with E-state index in [0.717, 1.165) is 0 Å².